The molecular weight excluding hydrogens is 340 g/mol. The van der Waals surface area contributed by atoms with Gasteiger partial charge in [-0.1, -0.05) is 11.6 Å². The highest BCUT2D eigenvalue weighted by atomic mass is 35.5. The van der Waals surface area contributed by atoms with Crippen molar-refractivity contribution in [1.82, 2.24) is 20.2 Å². The Bertz CT molecular complexity index is 751. The first-order valence-corrected chi connectivity index (χ1v) is 8.72. The van der Waals surface area contributed by atoms with Crippen LogP contribution in [0, 0.1) is 5.92 Å². The Morgan fingerprint density at radius 1 is 1.16 bits per heavy atom. The number of hydrogen-bond donors (Lipinski definition) is 1. The van der Waals surface area contributed by atoms with Gasteiger partial charge in [0.2, 0.25) is 5.91 Å². The fourth-order valence-electron chi connectivity index (χ4n) is 3.29. The van der Waals surface area contributed by atoms with Crippen LogP contribution in [0.1, 0.15) is 5.56 Å². The zero-order valence-electron chi connectivity index (χ0n) is 13.7. The molecular formula is C18H19ClN4O2. The maximum absolute atomic E-state index is 12.1. The summed E-state index contributed by atoms with van der Waals surface area (Å²) >= 11 is 5.91. The molecule has 3 heterocycles. The van der Waals surface area contributed by atoms with E-state index in [0.717, 1.165) is 24.2 Å². The van der Waals surface area contributed by atoms with E-state index in [-0.39, 0.29) is 17.9 Å². The highest BCUT2D eigenvalue weighted by Crippen LogP contribution is 2.19. The normalized spacial score (nSPS) is 23.8. The summed E-state index contributed by atoms with van der Waals surface area (Å²) in [6.07, 6.45) is 3.70. The van der Waals surface area contributed by atoms with Crippen molar-refractivity contribution in [2.45, 2.75) is 12.6 Å². The van der Waals surface area contributed by atoms with Crippen LogP contribution in [0.3, 0.4) is 0 Å². The number of rotatable bonds is 3. The van der Waals surface area contributed by atoms with Gasteiger partial charge in [0.25, 0.3) is 0 Å². The second kappa shape index (κ2) is 7.07. The first kappa shape index (κ1) is 16.4. The van der Waals surface area contributed by atoms with Crippen molar-refractivity contribution in [3.63, 3.8) is 0 Å². The summed E-state index contributed by atoms with van der Waals surface area (Å²) < 4.78 is 5.56. The highest BCUT2D eigenvalue weighted by molar-refractivity contribution is 6.30. The lowest BCUT2D eigenvalue weighted by Crippen LogP contribution is -2.41. The lowest BCUT2D eigenvalue weighted by molar-refractivity contribution is -0.125. The fraction of sp³-hybridized carbons (Fsp3) is 0.389. The Morgan fingerprint density at radius 2 is 1.92 bits per heavy atom. The standard InChI is InChI=1S/C18H19ClN4O2/c19-15-3-1-13(2-4-15)17-20-5-12(6-21-17)7-23-8-14-10-25-11-16(9-23)22-18(14)24/h1-6,14,16H,7-11H2,(H,22,24)/t14-,16+/m1/s1. The number of fused-ring (bicyclic) bond motifs is 3. The minimum Gasteiger partial charge on any atom is -0.378 e. The minimum atomic E-state index is -0.109. The van der Waals surface area contributed by atoms with E-state index in [9.17, 15) is 4.79 Å². The third kappa shape index (κ3) is 3.81. The average molecular weight is 359 g/mol. The van der Waals surface area contributed by atoms with Crippen molar-refractivity contribution < 1.29 is 9.53 Å². The van der Waals surface area contributed by atoms with Gasteiger partial charge in [-0.3, -0.25) is 9.69 Å². The topological polar surface area (TPSA) is 67.3 Å². The van der Waals surface area contributed by atoms with E-state index in [4.69, 9.17) is 16.3 Å². The molecule has 1 aromatic carbocycles. The molecule has 130 valence electrons. The first-order valence-electron chi connectivity index (χ1n) is 8.35. The molecule has 1 N–H and O–H groups in total. The van der Waals surface area contributed by atoms with Crippen molar-refractivity contribution in [2.75, 3.05) is 26.3 Å². The Morgan fingerprint density at radius 3 is 2.68 bits per heavy atom. The van der Waals surface area contributed by atoms with Crippen LogP contribution >= 0.6 is 11.6 Å². The van der Waals surface area contributed by atoms with Crippen LogP contribution in [0.5, 0.6) is 0 Å². The number of amides is 1. The number of benzene rings is 1. The summed E-state index contributed by atoms with van der Waals surface area (Å²) in [6.45, 7) is 3.26. The number of carbonyl (C=O) groups excluding carboxylic acids is 1. The maximum atomic E-state index is 12.1. The third-order valence-corrected chi connectivity index (χ3v) is 4.78. The van der Waals surface area contributed by atoms with Gasteiger partial charge < -0.3 is 10.1 Å². The third-order valence-electron chi connectivity index (χ3n) is 4.53. The van der Waals surface area contributed by atoms with E-state index in [1.54, 1.807) is 0 Å². The Hall–Kier alpha value is -2.02. The van der Waals surface area contributed by atoms with E-state index >= 15 is 0 Å². The molecule has 2 atom stereocenters. The summed E-state index contributed by atoms with van der Waals surface area (Å²) in [4.78, 5) is 23.3. The molecule has 2 bridgehead atoms. The Kier molecular flexibility index (Phi) is 4.65. The molecule has 2 aliphatic rings. The van der Waals surface area contributed by atoms with Crippen molar-refractivity contribution in [1.29, 1.82) is 0 Å². The second-order valence-corrected chi connectivity index (χ2v) is 6.99. The lowest BCUT2D eigenvalue weighted by atomic mass is 10.1. The molecule has 6 nitrogen and oxygen atoms in total. The molecule has 0 spiro atoms. The van der Waals surface area contributed by atoms with Gasteiger partial charge in [-0.2, -0.15) is 0 Å². The van der Waals surface area contributed by atoms with E-state index in [2.05, 4.69) is 20.2 Å². The first-order chi connectivity index (χ1) is 12.2. The molecule has 7 heteroatoms. The second-order valence-electron chi connectivity index (χ2n) is 6.56. The number of halogens is 1. The van der Waals surface area contributed by atoms with Crippen LogP contribution in [0.4, 0.5) is 0 Å². The molecule has 2 aliphatic heterocycles. The number of carbonyl (C=O) groups is 1. The van der Waals surface area contributed by atoms with Crippen LogP contribution in [0.15, 0.2) is 36.7 Å². The molecule has 2 aromatic rings. The van der Waals surface area contributed by atoms with Crippen LogP contribution in [-0.2, 0) is 16.1 Å². The zero-order chi connectivity index (χ0) is 17.2. The molecule has 0 aliphatic carbocycles. The molecule has 0 radical (unpaired) electrons. The summed E-state index contributed by atoms with van der Waals surface area (Å²) in [5.41, 5.74) is 1.97. The maximum Gasteiger partial charge on any atom is 0.227 e. The molecule has 1 aromatic heterocycles. The summed E-state index contributed by atoms with van der Waals surface area (Å²) in [6, 6.07) is 7.52. The average Bonchev–Trinajstić information content (AvgIpc) is 2.85. The van der Waals surface area contributed by atoms with Crippen molar-refractivity contribution in [2.24, 2.45) is 5.92 Å². The van der Waals surface area contributed by atoms with Crippen LogP contribution in [0.2, 0.25) is 5.02 Å². The molecule has 0 unspecified atom stereocenters. The van der Waals surface area contributed by atoms with Crippen LogP contribution in [-0.4, -0.2) is 53.1 Å². The van der Waals surface area contributed by atoms with Crippen molar-refractivity contribution >= 4 is 17.5 Å². The summed E-state index contributed by atoms with van der Waals surface area (Å²) in [5, 5.41) is 3.74. The van der Waals surface area contributed by atoms with E-state index < -0.39 is 0 Å². The van der Waals surface area contributed by atoms with Crippen molar-refractivity contribution in [3.8, 4) is 11.4 Å². The Balaban J connectivity index is 1.46. The molecule has 2 saturated heterocycles. The van der Waals surface area contributed by atoms with Gasteiger partial charge in [-0.25, -0.2) is 9.97 Å². The predicted molar refractivity (Wildman–Crippen MR) is 94.0 cm³/mol. The van der Waals surface area contributed by atoms with Gasteiger partial charge >= 0.3 is 0 Å². The summed E-state index contributed by atoms with van der Waals surface area (Å²) in [5.74, 6) is 0.666. The molecule has 2 fully saturated rings. The largest absolute Gasteiger partial charge is 0.378 e. The quantitative estimate of drug-likeness (QED) is 0.905. The number of aromatic nitrogens is 2. The molecule has 0 saturated carbocycles. The van der Waals surface area contributed by atoms with E-state index in [0.29, 0.717) is 30.6 Å². The number of hydrogen-bond acceptors (Lipinski definition) is 5. The van der Waals surface area contributed by atoms with E-state index in [1.807, 2.05) is 36.7 Å². The summed E-state index contributed by atoms with van der Waals surface area (Å²) in [7, 11) is 0. The number of ether oxygens (including phenoxy) is 1. The van der Waals surface area contributed by atoms with E-state index in [1.165, 1.54) is 0 Å². The zero-order valence-corrected chi connectivity index (χ0v) is 14.4. The molecule has 4 rings (SSSR count). The number of nitrogens with zero attached hydrogens (tertiary/aromatic N) is 3. The van der Waals surface area contributed by atoms with Crippen molar-refractivity contribution in [3.05, 3.63) is 47.2 Å². The van der Waals surface area contributed by atoms with Gasteiger partial charge in [-0.05, 0) is 24.3 Å². The van der Waals surface area contributed by atoms with Gasteiger partial charge in [0.05, 0.1) is 25.2 Å². The molecule has 25 heavy (non-hydrogen) atoms. The monoisotopic (exact) mass is 358 g/mol. The van der Waals surface area contributed by atoms with Gasteiger partial charge in [0, 0.05) is 48.2 Å². The van der Waals surface area contributed by atoms with Crippen LogP contribution < -0.4 is 5.32 Å². The Labute approximate surface area is 151 Å². The predicted octanol–water partition coefficient (Wildman–Crippen LogP) is 1.74. The molecule has 1 amide bonds. The number of nitrogens with one attached hydrogen (secondary N) is 1. The van der Waals surface area contributed by atoms with Gasteiger partial charge in [0.15, 0.2) is 5.82 Å². The van der Waals surface area contributed by atoms with Crippen LogP contribution in [0.25, 0.3) is 11.4 Å². The van der Waals surface area contributed by atoms with Gasteiger partial charge in [-0.15, -0.1) is 0 Å². The lowest BCUT2D eigenvalue weighted by Gasteiger charge is -2.27. The SMILES string of the molecule is O=C1N[C@@H]2COC[C@H]1CN(Cc1cnc(-c3ccc(Cl)cc3)nc1)C2. The fourth-order valence-corrected chi connectivity index (χ4v) is 3.42. The minimum absolute atomic E-state index is 0.0502. The smallest absolute Gasteiger partial charge is 0.227 e. The highest BCUT2D eigenvalue weighted by Gasteiger charge is 2.33. The van der Waals surface area contributed by atoms with Gasteiger partial charge in [0.1, 0.15) is 0 Å².